The zero-order chi connectivity index (χ0) is 13.8. The fourth-order valence-corrected chi connectivity index (χ4v) is 2.85. The number of morpholine rings is 1. The molecule has 19 heavy (non-hydrogen) atoms. The van der Waals surface area contributed by atoms with Crippen LogP contribution in [0.15, 0.2) is 22.7 Å². The largest absolute Gasteiger partial charge is 0.369 e. The summed E-state index contributed by atoms with van der Waals surface area (Å²) in [4.78, 5) is 14.1. The Labute approximate surface area is 122 Å². The highest BCUT2D eigenvalue weighted by molar-refractivity contribution is 9.10. The second-order valence-electron chi connectivity index (χ2n) is 4.76. The minimum absolute atomic E-state index is 0.0396. The van der Waals surface area contributed by atoms with Crippen molar-refractivity contribution >= 4 is 27.5 Å². The van der Waals surface area contributed by atoms with Crippen molar-refractivity contribution in [1.82, 2.24) is 5.32 Å². The molecule has 1 amide bonds. The fraction of sp³-hybridized carbons (Fsp3) is 0.500. The Morgan fingerprint density at radius 2 is 2.32 bits per heavy atom. The molecule has 1 heterocycles. The first-order valence-corrected chi connectivity index (χ1v) is 7.23. The predicted octanol–water partition coefficient (Wildman–Crippen LogP) is 2.10. The average molecular weight is 327 g/mol. The van der Waals surface area contributed by atoms with Gasteiger partial charge >= 0.3 is 0 Å². The van der Waals surface area contributed by atoms with E-state index in [1.807, 2.05) is 37.1 Å². The van der Waals surface area contributed by atoms with Crippen molar-refractivity contribution in [1.29, 1.82) is 0 Å². The first-order chi connectivity index (χ1) is 9.13. The third-order valence-electron chi connectivity index (χ3n) is 3.32. The topological polar surface area (TPSA) is 41.6 Å². The molecule has 1 fully saturated rings. The van der Waals surface area contributed by atoms with Gasteiger partial charge in [0, 0.05) is 10.2 Å². The summed E-state index contributed by atoms with van der Waals surface area (Å²) in [7, 11) is 1.92. The van der Waals surface area contributed by atoms with E-state index in [0.717, 1.165) is 28.7 Å². The third kappa shape index (κ3) is 3.35. The van der Waals surface area contributed by atoms with E-state index in [9.17, 15) is 4.79 Å². The molecule has 1 aromatic carbocycles. The van der Waals surface area contributed by atoms with Crippen LogP contribution in [0.2, 0.25) is 0 Å². The lowest BCUT2D eigenvalue weighted by molar-refractivity contribution is -0.127. The molecule has 2 rings (SSSR count). The van der Waals surface area contributed by atoms with Gasteiger partial charge in [-0.2, -0.15) is 0 Å². The molecule has 1 aliphatic heterocycles. The summed E-state index contributed by atoms with van der Waals surface area (Å²) in [5, 5.41) is 3.12. The van der Waals surface area contributed by atoms with E-state index in [4.69, 9.17) is 4.74 Å². The highest BCUT2D eigenvalue weighted by Crippen LogP contribution is 2.28. The molecule has 1 unspecified atom stereocenters. The van der Waals surface area contributed by atoms with Gasteiger partial charge in [-0.15, -0.1) is 0 Å². The van der Waals surface area contributed by atoms with Gasteiger partial charge in [0.05, 0.1) is 12.6 Å². The zero-order valence-electron chi connectivity index (χ0n) is 11.3. The highest BCUT2D eigenvalue weighted by atomic mass is 79.9. The Kier molecular flexibility index (Phi) is 4.96. The van der Waals surface area contributed by atoms with Gasteiger partial charge in [0.25, 0.3) is 5.91 Å². The van der Waals surface area contributed by atoms with Crippen molar-refractivity contribution in [2.45, 2.75) is 19.4 Å². The second-order valence-corrected chi connectivity index (χ2v) is 5.67. The fourth-order valence-electron chi connectivity index (χ4n) is 2.37. The van der Waals surface area contributed by atoms with Crippen LogP contribution in [0, 0.1) is 6.92 Å². The van der Waals surface area contributed by atoms with Gasteiger partial charge < -0.3 is 15.0 Å². The number of halogens is 1. The van der Waals surface area contributed by atoms with Crippen LogP contribution in [-0.2, 0) is 9.53 Å². The van der Waals surface area contributed by atoms with Crippen LogP contribution < -0.4 is 10.2 Å². The standard InChI is InChI=1S/C14H19BrN2O2/c1-10-7-11(15)3-4-13(10)17-12(5-6-16-2)8-19-9-14(17)18/h3-4,7,12,16H,5-6,8-9H2,1-2H3. The molecular formula is C14H19BrN2O2. The SMILES string of the molecule is CNCCC1COCC(=O)N1c1ccc(Br)cc1C. The molecule has 1 aliphatic rings. The van der Waals surface area contributed by atoms with Gasteiger partial charge in [-0.1, -0.05) is 15.9 Å². The molecular weight excluding hydrogens is 308 g/mol. The number of carbonyl (C=O) groups is 1. The maximum absolute atomic E-state index is 12.2. The number of hydrogen-bond acceptors (Lipinski definition) is 3. The monoisotopic (exact) mass is 326 g/mol. The first-order valence-electron chi connectivity index (χ1n) is 6.44. The highest BCUT2D eigenvalue weighted by Gasteiger charge is 2.30. The molecule has 0 aromatic heterocycles. The van der Waals surface area contributed by atoms with Crippen molar-refractivity contribution in [3.63, 3.8) is 0 Å². The molecule has 0 radical (unpaired) electrons. The number of aryl methyl sites for hydroxylation is 1. The second kappa shape index (κ2) is 6.50. The van der Waals surface area contributed by atoms with E-state index in [0.29, 0.717) is 6.61 Å². The summed E-state index contributed by atoms with van der Waals surface area (Å²) in [6.07, 6.45) is 0.887. The predicted molar refractivity (Wildman–Crippen MR) is 79.5 cm³/mol. The Morgan fingerprint density at radius 1 is 1.53 bits per heavy atom. The van der Waals surface area contributed by atoms with Crippen LogP contribution in [0.5, 0.6) is 0 Å². The van der Waals surface area contributed by atoms with Crippen LogP contribution in [0.3, 0.4) is 0 Å². The summed E-state index contributed by atoms with van der Waals surface area (Å²) in [6.45, 7) is 3.67. The van der Waals surface area contributed by atoms with E-state index in [1.54, 1.807) is 0 Å². The number of anilines is 1. The molecule has 1 atom stereocenters. The summed E-state index contributed by atoms with van der Waals surface area (Å²) < 4.78 is 6.41. The molecule has 1 N–H and O–H groups in total. The quantitative estimate of drug-likeness (QED) is 0.921. The smallest absolute Gasteiger partial charge is 0.253 e. The number of benzene rings is 1. The molecule has 104 valence electrons. The summed E-state index contributed by atoms with van der Waals surface area (Å²) in [6, 6.07) is 6.11. The Hall–Kier alpha value is -0.910. The van der Waals surface area contributed by atoms with Crippen LogP contribution in [0.4, 0.5) is 5.69 Å². The minimum Gasteiger partial charge on any atom is -0.369 e. The molecule has 4 nitrogen and oxygen atoms in total. The third-order valence-corrected chi connectivity index (χ3v) is 3.81. The minimum atomic E-state index is 0.0396. The van der Waals surface area contributed by atoms with E-state index >= 15 is 0 Å². The van der Waals surface area contributed by atoms with Crippen LogP contribution >= 0.6 is 15.9 Å². The van der Waals surface area contributed by atoms with Crippen molar-refractivity contribution < 1.29 is 9.53 Å². The Bertz CT molecular complexity index is 465. The van der Waals surface area contributed by atoms with Gasteiger partial charge in [-0.05, 0) is 50.7 Å². The summed E-state index contributed by atoms with van der Waals surface area (Å²) >= 11 is 3.45. The number of ether oxygens (including phenoxy) is 1. The van der Waals surface area contributed by atoms with Crippen LogP contribution in [-0.4, -0.2) is 38.8 Å². The van der Waals surface area contributed by atoms with Gasteiger partial charge in [0.15, 0.2) is 0 Å². The number of hydrogen-bond donors (Lipinski definition) is 1. The lowest BCUT2D eigenvalue weighted by Crippen LogP contribution is -2.50. The van der Waals surface area contributed by atoms with E-state index in [1.165, 1.54) is 0 Å². The van der Waals surface area contributed by atoms with Gasteiger partial charge in [0.2, 0.25) is 0 Å². The molecule has 1 saturated heterocycles. The van der Waals surface area contributed by atoms with Gasteiger partial charge in [-0.3, -0.25) is 4.79 Å². The number of amides is 1. The van der Waals surface area contributed by atoms with Gasteiger partial charge in [0.1, 0.15) is 6.61 Å². The molecule has 1 aromatic rings. The van der Waals surface area contributed by atoms with Crippen molar-refractivity contribution in [3.8, 4) is 0 Å². The molecule has 5 heteroatoms. The maximum atomic E-state index is 12.2. The maximum Gasteiger partial charge on any atom is 0.253 e. The normalized spacial score (nSPS) is 19.8. The Balaban J connectivity index is 2.28. The van der Waals surface area contributed by atoms with E-state index in [2.05, 4.69) is 21.2 Å². The molecule has 0 spiro atoms. The molecule has 0 aliphatic carbocycles. The Morgan fingerprint density at radius 3 is 3.00 bits per heavy atom. The molecule has 0 bridgehead atoms. The lowest BCUT2D eigenvalue weighted by Gasteiger charge is -2.36. The zero-order valence-corrected chi connectivity index (χ0v) is 12.9. The average Bonchev–Trinajstić information content (AvgIpc) is 2.37. The van der Waals surface area contributed by atoms with Crippen LogP contribution in [0.25, 0.3) is 0 Å². The van der Waals surface area contributed by atoms with Crippen molar-refractivity contribution in [2.75, 3.05) is 31.7 Å². The lowest BCUT2D eigenvalue weighted by atomic mass is 10.1. The number of nitrogens with one attached hydrogen (secondary N) is 1. The van der Waals surface area contributed by atoms with E-state index < -0.39 is 0 Å². The van der Waals surface area contributed by atoms with E-state index in [-0.39, 0.29) is 18.6 Å². The number of carbonyl (C=O) groups excluding carboxylic acids is 1. The van der Waals surface area contributed by atoms with Crippen molar-refractivity contribution in [3.05, 3.63) is 28.2 Å². The first kappa shape index (κ1) is 14.5. The number of nitrogens with zero attached hydrogens (tertiary/aromatic N) is 1. The number of rotatable bonds is 4. The van der Waals surface area contributed by atoms with Crippen molar-refractivity contribution in [2.24, 2.45) is 0 Å². The van der Waals surface area contributed by atoms with Crippen LogP contribution in [0.1, 0.15) is 12.0 Å². The molecule has 0 saturated carbocycles. The summed E-state index contributed by atoms with van der Waals surface area (Å²) in [5.74, 6) is 0.0396. The summed E-state index contributed by atoms with van der Waals surface area (Å²) in [5.41, 5.74) is 2.08. The van der Waals surface area contributed by atoms with Gasteiger partial charge in [-0.25, -0.2) is 0 Å².